The Morgan fingerprint density at radius 3 is 2.81 bits per heavy atom. The molecule has 0 unspecified atom stereocenters. The fraction of sp³-hybridized carbons (Fsp3) is 0.286. The van der Waals surface area contributed by atoms with Gasteiger partial charge in [-0.3, -0.25) is 4.79 Å². The Balaban J connectivity index is 1.93. The van der Waals surface area contributed by atoms with Crippen molar-refractivity contribution in [3.63, 3.8) is 0 Å². The van der Waals surface area contributed by atoms with Gasteiger partial charge in [0.2, 0.25) is 0 Å². The second kappa shape index (κ2) is 7.64. The van der Waals surface area contributed by atoms with E-state index in [4.69, 9.17) is 23.2 Å². The normalized spacial score (nSPS) is 10.4. The third kappa shape index (κ3) is 4.88. The van der Waals surface area contributed by atoms with E-state index in [2.05, 4.69) is 15.6 Å². The number of amides is 1. The van der Waals surface area contributed by atoms with Crippen molar-refractivity contribution < 1.29 is 4.79 Å². The summed E-state index contributed by atoms with van der Waals surface area (Å²) < 4.78 is 0.757. The summed E-state index contributed by atoms with van der Waals surface area (Å²) in [7, 11) is 0. The molecule has 2 aromatic rings. The molecule has 0 fully saturated rings. The van der Waals surface area contributed by atoms with Crippen LogP contribution >= 0.6 is 34.5 Å². The monoisotopic (exact) mass is 343 g/mol. The van der Waals surface area contributed by atoms with Crippen LogP contribution in [0.1, 0.15) is 22.2 Å². The van der Waals surface area contributed by atoms with Crippen LogP contribution in [0.25, 0.3) is 0 Å². The number of anilines is 1. The first-order chi connectivity index (χ1) is 10.1. The number of carbonyl (C=O) groups is 1. The Bertz CT molecular complexity index is 630. The molecule has 0 aromatic carbocycles. The van der Waals surface area contributed by atoms with Crippen molar-refractivity contribution in [1.29, 1.82) is 0 Å². The van der Waals surface area contributed by atoms with Crippen molar-refractivity contribution in [1.82, 2.24) is 10.3 Å². The van der Waals surface area contributed by atoms with Crippen LogP contribution in [0.5, 0.6) is 0 Å². The number of carbonyl (C=O) groups excluding carboxylic acids is 1. The maximum absolute atomic E-state index is 12.1. The Labute approximate surface area is 137 Å². The van der Waals surface area contributed by atoms with E-state index in [1.165, 1.54) is 11.3 Å². The van der Waals surface area contributed by atoms with Gasteiger partial charge in [0, 0.05) is 23.5 Å². The summed E-state index contributed by atoms with van der Waals surface area (Å²) in [6.45, 7) is 3.22. The van der Waals surface area contributed by atoms with E-state index >= 15 is 0 Å². The minimum absolute atomic E-state index is 0.166. The lowest BCUT2D eigenvalue weighted by atomic mass is 10.2. The quantitative estimate of drug-likeness (QED) is 0.783. The lowest BCUT2D eigenvalue weighted by molar-refractivity contribution is 0.0954. The number of hydrogen-bond acceptors (Lipinski definition) is 4. The van der Waals surface area contributed by atoms with Gasteiger partial charge in [0.1, 0.15) is 11.0 Å². The maximum atomic E-state index is 12.1. The second-order valence-corrected chi connectivity index (χ2v) is 6.49. The summed E-state index contributed by atoms with van der Waals surface area (Å²) in [5.74, 6) is 0.432. The highest BCUT2D eigenvalue weighted by Crippen LogP contribution is 2.21. The molecule has 2 rings (SSSR count). The van der Waals surface area contributed by atoms with Crippen molar-refractivity contribution in [2.75, 3.05) is 18.4 Å². The van der Waals surface area contributed by atoms with Crippen LogP contribution in [0.2, 0.25) is 9.49 Å². The highest BCUT2D eigenvalue weighted by Gasteiger charge is 2.09. The molecule has 0 aliphatic rings. The molecule has 0 bridgehead atoms. The summed E-state index contributed by atoms with van der Waals surface area (Å²) in [5.41, 5.74) is 0.496. The van der Waals surface area contributed by atoms with Crippen LogP contribution < -0.4 is 10.6 Å². The van der Waals surface area contributed by atoms with Crippen LogP contribution in [-0.4, -0.2) is 24.0 Å². The minimum atomic E-state index is -0.166. The first kappa shape index (κ1) is 16.1. The molecule has 0 spiro atoms. The molecule has 0 aliphatic heterocycles. The van der Waals surface area contributed by atoms with E-state index in [1.54, 1.807) is 12.1 Å². The molecule has 0 aliphatic carbocycles. The van der Waals surface area contributed by atoms with Crippen molar-refractivity contribution in [2.24, 2.45) is 0 Å². The third-order valence-corrected chi connectivity index (χ3v) is 4.18. The molecule has 2 aromatic heterocycles. The Morgan fingerprint density at radius 2 is 2.14 bits per heavy atom. The second-order valence-electron chi connectivity index (χ2n) is 4.31. The van der Waals surface area contributed by atoms with E-state index < -0.39 is 0 Å². The van der Waals surface area contributed by atoms with Gasteiger partial charge in [-0.2, -0.15) is 0 Å². The zero-order chi connectivity index (χ0) is 15.2. The molecule has 1 amide bonds. The first-order valence-corrected chi connectivity index (χ1v) is 8.09. The highest BCUT2D eigenvalue weighted by atomic mass is 35.5. The minimum Gasteiger partial charge on any atom is -0.370 e. The Morgan fingerprint density at radius 1 is 1.33 bits per heavy atom. The number of hydrogen-bond donors (Lipinski definition) is 2. The highest BCUT2D eigenvalue weighted by molar-refractivity contribution is 7.16. The number of nitrogens with zero attached hydrogens (tertiary/aromatic N) is 1. The molecule has 4 nitrogen and oxygen atoms in total. The maximum Gasteiger partial charge on any atom is 0.251 e. The topological polar surface area (TPSA) is 54.0 Å². The molecule has 21 heavy (non-hydrogen) atoms. The molecule has 2 heterocycles. The van der Waals surface area contributed by atoms with Gasteiger partial charge >= 0.3 is 0 Å². The van der Waals surface area contributed by atoms with Crippen LogP contribution in [0.3, 0.4) is 0 Å². The van der Waals surface area contributed by atoms with Gasteiger partial charge in [0.15, 0.2) is 0 Å². The zero-order valence-corrected chi connectivity index (χ0v) is 13.8. The fourth-order valence-corrected chi connectivity index (χ4v) is 3.08. The largest absolute Gasteiger partial charge is 0.370 e. The summed E-state index contributed by atoms with van der Waals surface area (Å²) >= 11 is 13.3. The van der Waals surface area contributed by atoms with E-state index in [-0.39, 0.29) is 5.91 Å². The summed E-state index contributed by atoms with van der Waals surface area (Å²) in [6, 6.07) is 7.06. The van der Waals surface area contributed by atoms with Crippen molar-refractivity contribution in [3.8, 4) is 0 Å². The van der Waals surface area contributed by atoms with E-state index in [1.807, 2.05) is 19.1 Å². The van der Waals surface area contributed by atoms with Crippen LogP contribution in [0, 0.1) is 0 Å². The van der Waals surface area contributed by atoms with Gasteiger partial charge in [-0.25, -0.2) is 4.98 Å². The molecule has 0 saturated heterocycles. The number of pyridine rings is 1. The first-order valence-electron chi connectivity index (χ1n) is 6.52. The van der Waals surface area contributed by atoms with E-state index in [9.17, 15) is 4.79 Å². The fourth-order valence-electron chi connectivity index (χ4n) is 1.79. The summed E-state index contributed by atoms with van der Waals surface area (Å²) in [5, 5.41) is 6.20. The standard InChI is InChI=1S/C14H15Cl2N3OS/c1-2-17-13-8-9(7-11(15)19-13)14(20)18-6-5-10-3-4-12(16)21-10/h3-4,7-8H,2,5-6H2,1H3,(H,17,19)(H,18,20). The number of aromatic nitrogens is 1. The Kier molecular flexibility index (Phi) is 5.85. The van der Waals surface area contributed by atoms with Gasteiger partial charge < -0.3 is 10.6 Å². The molecule has 0 radical (unpaired) electrons. The number of nitrogens with one attached hydrogen (secondary N) is 2. The predicted octanol–water partition coefficient (Wildman–Crippen LogP) is 3.85. The number of thiophene rings is 1. The van der Waals surface area contributed by atoms with Gasteiger partial charge in [0.25, 0.3) is 5.91 Å². The van der Waals surface area contributed by atoms with Crippen LogP contribution in [0.15, 0.2) is 24.3 Å². The zero-order valence-electron chi connectivity index (χ0n) is 11.5. The van der Waals surface area contributed by atoms with Crippen molar-refractivity contribution in [2.45, 2.75) is 13.3 Å². The predicted molar refractivity (Wildman–Crippen MR) is 88.8 cm³/mol. The molecular formula is C14H15Cl2N3OS. The average Bonchev–Trinajstić information content (AvgIpc) is 2.84. The molecule has 0 saturated carbocycles. The van der Waals surface area contributed by atoms with Gasteiger partial charge in [-0.15, -0.1) is 11.3 Å². The van der Waals surface area contributed by atoms with Gasteiger partial charge in [-0.05, 0) is 37.6 Å². The molecule has 7 heteroatoms. The lowest BCUT2D eigenvalue weighted by Crippen LogP contribution is -2.25. The Hall–Kier alpha value is -1.30. The van der Waals surface area contributed by atoms with Gasteiger partial charge in [0.05, 0.1) is 4.34 Å². The lowest BCUT2D eigenvalue weighted by Gasteiger charge is -2.07. The van der Waals surface area contributed by atoms with E-state index in [0.717, 1.165) is 15.6 Å². The average molecular weight is 344 g/mol. The van der Waals surface area contributed by atoms with Crippen molar-refractivity contribution >= 4 is 46.3 Å². The molecule has 2 N–H and O–H groups in total. The molecule has 112 valence electrons. The summed E-state index contributed by atoms with van der Waals surface area (Å²) in [4.78, 5) is 17.3. The van der Waals surface area contributed by atoms with Crippen molar-refractivity contribution in [3.05, 3.63) is 44.2 Å². The van der Waals surface area contributed by atoms with Crippen LogP contribution in [0.4, 0.5) is 5.82 Å². The smallest absolute Gasteiger partial charge is 0.251 e. The number of rotatable bonds is 6. The van der Waals surface area contributed by atoms with Crippen LogP contribution in [-0.2, 0) is 6.42 Å². The SMILES string of the molecule is CCNc1cc(C(=O)NCCc2ccc(Cl)s2)cc(Cl)n1. The third-order valence-electron chi connectivity index (χ3n) is 2.70. The molecule has 0 atom stereocenters. The summed E-state index contributed by atoms with van der Waals surface area (Å²) in [6.07, 6.45) is 0.752. The number of halogens is 2. The van der Waals surface area contributed by atoms with Gasteiger partial charge in [-0.1, -0.05) is 23.2 Å². The van der Waals surface area contributed by atoms with E-state index in [0.29, 0.717) is 29.6 Å². The molecular weight excluding hydrogens is 329 g/mol.